The molecule has 2 aliphatic rings. The summed E-state index contributed by atoms with van der Waals surface area (Å²) >= 11 is 5.99. The Labute approximate surface area is 119 Å². The van der Waals surface area contributed by atoms with Crippen LogP contribution in [0.15, 0.2) is 18.2 Å². The van der Waals surface area contributed by atoms with Gasteiger partial charge >= 0.3 is 0 Å². The highest BCUT2D eigenvalue weighted by molar-refractivity contribution is 6.30. The van der Waals surface area contributed by atoms with Crippen LogP contribution in [0.5, 0.6) is 0 Å². The zero-order valence-electron chi connectivity index (χ0n) is 11.1. The molecule has 1 N–H and O–H groups in total. The normalized spacial score (nSPS) is 29.3. The lowest BCUT2D eigenvalue weighted by atomic mass is 9.93. The maximum atomic E-state index is 9.32. The van der Waals surface area contributed by atoms with Gasteiger partial charge in [-0.1, -0.05) is 18.5 Å². The van der Waals surface area contributed by atoms with Crippen LogP contribution in [0.4, 0.5) is 5.69 Å². The van der Waals surface area contributed by atoms with Crippen LogP contribution >= 0.6 is 11.6 Å². The molecule has 0 bridgehead atoms. The van der Waals surface area contributed by atoms with Crippen molar-refractivity contribution < 1.29 is 0 Å². The van der Waals surface area contributed by atoms with Crippen molar-refractivity contribution in [3.63, 3.8) is 0 Å². The number of fused-ring (bicyclic) bond motifs is 1. The van der Waals surface area contributed by atoms with Crippen LogP contribution in [0.3, 0.4) is 0 Å². The second-order valence-electron chi connectivity index (χ2n) is 5.48. The van der Waals surface area contributed by atoms with E-state index in [2.05, 4.69) is 23.2 Å². The molecule has 4 heteroatoms. The molecule has 3 unspecified atom stereocenters. The van der Waals surface area contributed by atoms with Crippen LogP contribution in [0.25, 0.3) is 0 Å². The van der Waals surface area contributed by atoms with E-state index >= 15 is 0 Å². The summed E-state index contributed by atoms with van der Waals surface area (Å²) in [5.41, 5.74) is 1.74. The van der Waals surface area contributed by atoms with E-state index in [4.69, 9.17) is 11.6 Å². The largest absolute Gasteiger partial charge is 0.367 e. The van der Waals surface area contributed by atoms with Gasteiger partial charge in [-0.15, -0.1) is 0 Å². The van der Waals surface area contributed by atoms with Crippen molar-refractivity contribution in [2.75, 3.05) is 24.5 Å². The number of anilines is 1. The molecule has 1 aromatic carbocycles. The molecule has 100 valence electrons. The minimum absolute atomic E-state index is 0.535. The zero-order chi connectivity index (χ0) is 13.4. The van der Waals surface area contributed by atoms with Crippen molar-refractivity contribution >= 4 is 17.3 Å². The monoisotopic (exact) mass is 275 g/mol. The van der Waals surface area contributed by atoms with Crippen molar-refractivity contribution in [2.24, 2.45) is 11.8 Å². The number of nitrogens with one attached hydrogen (secondary N) is 1. The summed E-state index contributed by atoms with van der Waals surface area (Å²) in [5.74, 6) is 1.43. The first-order valence-electron chi connectivity index (χ1n) is 6.91. The van der Waals surface area contributed by atoms with Gasteiger partial charge < -0.3 is 10.2 Å². The molecule has 0 radical (unpaired) electrons. The molecule has 2 saturated heterocycles. The summed E-state index contributed by atoms with van der Waals surface area (Å²) in [6.07, 6.45) is 1.12. The van der Waals surface area contributed by atoms with E-state index in [1.165, 1.54) is 0 Å². The third-order valence-electron chi connectivity index (χ3n) is 4.52. The van der Waals surface area contributed by atoms with Crippen LogP contribution in [0, 0.1) is 23.2 Å². The lowest BCUT2D eigenvalue weighted by Crippen LogP contribution is -2.35. The maximum Gasteiger partial charge on any atom is 0.101 e. The second kappa shape index (κ2) is 5.03. The fourth-order valence-electron chi connectivity index (χ4n) is 3.67. The third kappa shape index (κ3) is 2.09. The molecule has 3 atom stereocenters. The Morgan fingerprint density at radius 3 is 3.05 bits per heavy atom. The van der Waals surface area contributed by atoms with Crippen molar-refractivity contribution in [1.29, 1.82) is 5.26 Å². The molecular weight excluding hydrogens is 258 g/mol. The second-order valence-corrected chi connectivity index (χ2v) is 5.92. The average Bonchev–Trinajstić information content (AvgIpc) is 2.98. The predicted molar refractivity (Wildman–Crippen MR) is 77.4 cm³/mol. The van der Waals surface area contributed by atoms with E-state index in [1.807, 2.05) is 12.1 Å². The SMILES string of the molecule is CCC1C2CNCC2CN1c1ccc(Cl)cc1C#N. The Morgan fingerprint density at radius 1 is 1.47 bits per heavy atom. The summed E-state index contributed by atoms with van der Waals surface area (Å²) in [6.45, 7) is 5.50. The van der Waals surface area contributed by atoms with E-state index < -0.39 is 0 Å². The summed E-state index contributed by atoms with van der Waals surface area (Å²) in [4.78, 5) is 2.42. The number of nitrogens with zero attached hydrogens (tertiary/aromatic N) is 2. The van der Waals surface area contributed by atoms with Gasteiger partial charge in [-0.3, -0.25) is 0 Å². The highest BCUT2D eigenvalue weighted by Crippen LogP contribution is 2.39. The van der Waals surface area contributed by atoms with Crippen molar-refractivity contribution in [1.82, 2.24) is 5.32 Å². The lowest BCUT2D eigenvalue weighted by molar-refractivity contribution is 0.442. The molecule has 19 heavy (non-hydrogen) atoms. The Bertz CT molecular complexity index is 523. The van der Waals surface area contributed by atoms with E-state index in [0.717, 1.165) is 31.7 Å². The fraction of sp³-hybridized carbons (Fsp3) is 0.533. The number of rotatable bonds is 2. The summed E-state index contributed by atoms with van der Waals surface area (Å²) < 4.78 is 0. The number of benzene rings is 1. The molecule has 1 aromatic rings. The zero-order valence-corrected chi connectivity index (χ0v) is 11.8. The van der Waals surface area contributed by atoms with Gasteiger partial charge in [0.1, 0.15) is 6.07 Å². The van der Waals surface area contributed by atoms with Crippen LogP contribution in [-0.2, 0) is 0 Å². The quantitative estimate of drug-likeness (QED) is 0.902. The topological polar surface area (TPSA) is 39.1 Å². The average molecular weight is 276 g/mol. The summed E-state index contributed by atoms with van der Waals surface area (Å²) in [7, 11) is 0. The Balaban J connectivity index is 1.96. The van der Waals surface area contributed by atoms with E-state index in [1.54, 1.807) is 6.07 Å². The highest BCUT2D eigenvalue weighted by atomic mass is 35.5. The summed E-state index contributed by atoms with van der Waals surface area (Å²) in [6, 6.07) is 8.47. The van der Waals surface area contributed by atoms with Gasteiger partial charge in [0.05, 0.1) is 11.3 Å². The lowest BCUT2D eigenvalue weighted by Gasteiger charge is -2.29. The molecule has 0 spiro atoms. The molecule has 2 fully saturated rings. The number of halogens is 1. The predicted octanol–water partition coefficient (Wildman–Crippen LogP) is 2.65. The van der Waals surface area contributed by atoms with Gasteiger partial charge in [0.2, 0.25) is 0 Å². The van der Waals surface area contributed by atoms with E-state index in [-0.39, 0.29) is 0 Å². The number of hydrogen-bond acceptors (Lipinski definition) is 3. The standard InChI is InChI=1S/C15H18ClN3/c1-2-14-13-8-18-7-11(13)9-19(14)15-4-3-12(16)5-10(15)6-17/h3-5,11,13-14,18H,2,7-9H2,1H3. The molecule has 2 aliphatic heterocycles. The first kappa shape index (κ1) is 12.8. The molecule has 0 amide bonds. The highest BCUT2D eigenvalue weighted by Gasteiger charge is 2.43. The van der Waals surface area contributed by atoms with E-state index in [9.17, 15) is 5.26 Å². The Kier molecular flexibility index (Phi) is 3.38. The van der Waals surface area contributed by atoms with Gasteiger partial charge in [0.15, 0.2) is 0 Å². The van der Waals surface area contributed by atoms with Crippen LogP contribution in [-0.4, -0.2) is 25.7 Å². The van der Waals surface area contributed by atoms with Gasteiger partial charge in [-0.25, -0.2) is 0 Å². The van der Waals surface area contributed by atoms with Crippen molar-refractivity contribution in [2.45, 2.75) is 19.4 Å². The van der Waals surface area contributed by atoms with Crippen LogP contribution in [0.1, 0.15) is 18.9 Å². The third-order valence-corrected chi connectivity index (χ3v) is 4.76. The van der Waals surface area contributed by atoms with Gasteiger partial charge in [0, 0.05) is 30.7 Å². The molecule has 3 rings (SSSR count). The molecule has 0 saturated carbocycles. The molecular formula is C15H18ClN3. The summed E-state index contributed by atoms with van der Waals surface area (Å²) in [5, 5.41) is 13.4. The van der Waals surface area contributed by atoms with Gasteiger partial charge in [-0.05, 0) is 36.5 Å². The molecule has 2 heterocycles. The smallest absolute Gasteiger partial charge is 0.101 e. The number of hydrogen-bond donors (Lipinski definition) is 1. The van der Waals surface area contributed by atoms with Crippen molar-refractivity contribution in [3.8, 4) is 6.07 Å². The molecule has 0 aromatic heterocycles. The minimum Gasteiger partial charge on any atom is -0.367 e. The number of nitriles is 1. The van der Waals surface area contributed by atoms with E-state index in [0.29, 0.717) is 28.5 Å². The van der Waals surface area contributed by atoms with Gasteiger partial charge in [-0.2, -0.15) is 5.26 Å². The van der Waals surface area contributed by atoms with Crippen LogP contribution in [0.2, 0.25) is 5.02 Å². The first-order valence-corrected chi connectivity index (χ1v) is 7.29. The van der Waals surface area contributed by atoms with Crippen molar-refractivity contribution in [3.05, 3.63) is 28.8 Å². The molecule has 3 nitrogen and oxygen atoms in total. The fourth-order valence-corrected chi connectivity index (χ4v) is 3.84. The Morgan fingerprint density at radius 2 is 2.32 bits per heavy atom. The van der Waals surface area contributed by atoms with Crippen LogP contribution < -0.4 is 10.2 Å². The first-order chi connectivity index (χ1) is 9.24. The maximum absolute atomic E-state index is 9.32. The molecule has 0 aliphatic carbocycles. The van der Waals surface area contributed by atoms with Gasteiger partial charge in [0.25, 0.3) is 0 Å². The Hall–Kier alpha value is -1.24. The minimum atomic E-state index is 0.535.